The second-order valence-electron chi connectivity index (χ2n) is 3.35. The molecule has 88 valence electrons. The van der Waals surface area contributed by atoms with E-state index in [2.05, 4.69) is 27.6 Å². The highest BCUT2D eigenvalue weighted by atomic mass is 127. The molecule has 1 amide bonds. The first kappa shape index (κ1) is 12.4. The van der Waals surface area contributed by atoms with Crippen LogP contribution < -0.4 is 10.5 Å². The van der Waals surface area contributed by atoms with Gasteiger partial charge in [-0.1, -0.05) is 11.6 Å². The number of aromatic nitrogens is 1. The maximum Gasteiger partial charge on any atom is 0.251 e. The molecule has 0 unspecified atom stereocenters. The Morgan fingerprint density at radius 1 is 1.53 bits per heavy atom. The number of nitrogens with two attached hydrogens (primary N) is 1. The molecule has 0 atom stereocenters. The molecule has 1 heterocycles. The minimum absolute atomic E-state index is 0.211. The van der Waals surface area contributed by atoms with Crippen LogP contribution in [0.3, 0.4) is 0 Å². The molecule has 0 aliphatic rings. The summed E-state index contributed by atoms with van der Waals surface area (Å²) in [5, 5.41) is 0.956. The Labute approximate surface area is 116 Å². The van der Waals surface area contributed by atoms with Gasteiger partial charge in [-0.2, -0.15) is 0 Å². The first-order chi connectivity index (χ1) is 8.04. The Kier molecular flexibility index (Phi) is 3.39. The highest BCUT2D eigenvalue weighted by Gasteiger charge is 2.13. The molecular weight excluding hydrogens is 354 g/mol. The minimum Gasteiger partial charge on any atom is -0.496 e. The molecule has 1 aromatic heterocycles. The summed E-state index contributed by atoms with van der Waals surface area (Å²) in [5.41, 5.74) is 6.12. The summed E-state index contributed by atoms with van der Waals surface area (Å²) in [4.78, 5) is 15.3. The zero-order valence-corrected chi connectivity index (χ0v) is 11.7. The van der Waals surface area contributed by atoms with E-state index in [1.807, 2.05) is 6.07 Å². The molecule has 1 aromatic carbocycles. The van der Waals surface area contributed by atoms with Gasteiger partial charge in [-0.05, 0) is 34.7 Å². The number of halogens is 2. The molecule has 2 N–H and O–H groups in total. The van der Waals surface area contributed by atoms with Gasteiger partial charge in [0, 0.05) is 11.6 Å². The largest absolute Gasteiger partial charge is 0.496 e. The second-order valence-corrected chi connectivity index (χ2v) is 4.89. The molecule has 0 aliphatic heterocycles. The predicted molar refractivity (Wildman–Crippen MR) is 74.5 cm³/mol. The van der Waals surface area contributed by atoms with Crippen LogP contribution in [0.25, 0.3) is 10.9 Å². The third-order valence-electron chi connectivity index (χ3n) is 2.34. The Hall–Kier alpha value is -1.08. The van der Waals surface area contributed by atoms with Gasteiger partial charge in [0.25, 0.3) is 5.91 Å². The maximum absolute atomic E-state index is 11.2. The number of nitrogens with zero attached hydrogens (tertiary/aromatic N) is 1. The number of amides is 1. The average molecular weight is 363 g/mol. The predicted octanol–water partition coefficient (Wildman–Crippen LogP) is 2.60. The van der Waals surface area contributed by atoms with Crippen molar-refractivity contribution in [2.75, 3.05) is 7.11 Å². The van der Waals surface area contributed by atoms with Gasteiger partial charge in [-0.3, -0.25) is 9.78 Å². The fourth-order valence-corrected chi connectivity index (χ4v) is 2.45. The molecular formula is C11H8ClIN2O2. The van der Waals surface area contributed by atoms with Crippen molar-refractivity contribution in [2.24, 2.45) is 5.73 Å². The summed E-state index contributed by atoms with van der Waals surface area (Å²) in [6.45, 7) is 0. The fraction of sp³-hybridized carbons (Fsp3) is 0.0909. The third-order valence-corrected chi connectivity index (χ3v) is 3.59. The Bertz CT molecular complexity index is 616. The van der Waals surface area contributed by atoms with Gasteiger partial charge in [0.1, 0.15) is 5.75 Å². The monoisotopic (exact) mass is 362 g/mol. The van der Waals surface area contributed by atoms with E-state index in [0.717, 1.165) is 3.57 Å². The van der Waals surface area contributed by atoms with Crippen molar-refractivity contribution in [1.29, 1.82) is 0 Å². The first-order valence-electron chi connectivity index (χ1n) is 4.66. The van der Waals surface area contributed by atoms with Crippen molar-refractivity contribution in [3.8, 4) is 5.75 Å². The smallest absolute Gasteiger partial charge is 0.251 e. The molecule has 0 spiro atoms. The summed E-state index contributed by atoms with van der Waals surface area (Å²) in [6.07, 6.45) is 1.38. The van der Waals surface area contributed by atoms with Crippen LogP contribution in [0.1, 0.15) is 10.4 Å². The number of carbonyl (C=O) groups excluding carboxylic acids is 1. The number of pyridine rings is 1. The van der Waals surface area contributed by atoms with Crippen LogP contribution in [0, 0.1) is 3.57 Å². The molecule has 0 saturated carbocycles. The number of methoxy groups -OCH3 is 1. The van der Waals surface area contributed by atoms with Crippen LogP contribution in [0.5, 0.6) is 5.75 Å². The number of benzene rings is 1. The second kappa shape index (κ2) is 4.66. The van der Waals surface area contributed by atoms with E-state index in [9.17, 15) is 4.79 Å². The number of ether oxygens (including phenoxy) is 1. The SMILES string of the molecule is COc1cc2c(Cl)c(C(N)=O)cnc2cc1I. The van der Waals surface area contributed by atoms with E-state index in [1.54, 1.807) is 13.2 Å². The van der Waals surface area contributed by atoms with Crippen LogP contribution in [-0.2, 0) is 0 Å². The van der Waals surface area contributed by atoms with Gasteiger partial charge in [0.2, 0.25) is 0 Å². The molecule has 4 nitrogen and oxygen atoms in total. The van der Waals surface area contributed by atoms with Crippen LogP contribution in [0.2, 0.25) is 5.02 Å². The van der Waals surface area contributed by atoms with Crippen molar-refractivity contribution < 1.29 is 9.53 Å². The van der Waals surface area contributed by atoms with E-state index < -0.39 is 5.91 Å². The van der Waals surface area contributed by atoms with Crippen molar-refractivity contribution in [2.45, 2.75) is 0 Å². The molecule has 17 heavy (non-hydrogen) atoms. The molecule has 0 aliphatic carbocycles. The van der Waals surface area contributed by atoms with Crippen LogP contribution in [-0.4, -0.2) is 18.0 Å². The number of hydrogen-bond donors (Lipinski definition) is 1. The number of hydrogen-bond acceptors (Lipinski definition) is 3. The standard InChI is InChI=1S/C11H8ClIN2O2/c1-17-9-2-5-8(3-7(9)13)15-4-6(10(5)12)11(14)16/h2-4H,1H3,(H2,14,16). The third kappa shape index (κ3) is 2.16. The summed E-state index contributed by atoms with van der Waals surface area (Å²) >= 11 is 8.26. The van der Waals surface area contributed by atoms with Gasteiger partial charge in [0.05, 0.1) is 26.8 Å². The van der Waals surface area contributed by atoms with Gasteiger partial charge in [0.15, 0.2) is 0 Å². The zero-order chi connectivity index (χ0) is 12.6. The lowest BCUT2D eigenvalue weighted by molar-refractivity contribution is 0.100. The van der Waals surface area contributed by atoms with E-state index in [0.29, 0.717) is 21.7 Å². The van der Waals surface area contributed by atoms with Gasteiger partial charge >= 0.3 is 0 Å². The van der Waals surface area contributed by atoms with Gasteiger partial charge in [-0.15, -0.1) is 0 Å². The average Bonchev–Trinajstić information content (AvgIpc) is 2.28. The lowest BCUT2D eigenvalue weighted by Gasteiger charge is -2.08. The Morgan fingerprint density at radius 3 is 2.82 bits per heavy atom. The van der Waals surface area contributed by atoms with E-state index in [4.69, 9.17) is 22.1 Å². The molecule has 6 heteroatoms. The number of fused-ring (bicyclic) bond motifs is 1. The normalized spacial score (nSPS) is 10.5. The van der Waals surface area contributed by atoms with E-state index in [-0.39, 0.29) is 5.56 Å². The Morgan fingerprint density at radius 2 is 2.24 bits per heavy atom. The first-order valence-corrected chi connectivity index (χ1v) is 6.12. The van der Waals surface area contributed by atoms with Crippen LogP contribution in [0.4, 0.5) is 0 Å². The van der Waals surface area contributed by atoms with Crippen molar-refractivity contribution in [1.82, 2.24) is 4.98 Å². The zero-order valence-electron chi connectivity index (χ0n) is 8.83. The fourth-order valence-electron chi connectivity index (χ4n) is 1.49. The maximum atomic E-state index is 11.2. The van der Waals surface area contributed by atoms with Crippen molar-refractivity contribution >= 4 is 51.0 Å². The lowest BCUT2D eigenvalue weighted by atomic mass is 10.1. The summed E-state index contributed by atoms with van der Waals surface area (Å²) in [6, 6.07) is 3.59. The summed E-state index contributed by atoms with van der Waals surface area (Å²) < 4.78 is 6.12. The molecule has 0 fully saturated rings. The number of carbonyl (C=O) groups is 1. The van der Waals surface area contributed by atoms with E-state index >= 15 is 0 Å². The summed E-state index contributed by atoms with van der Waals surface area (Å²) in [5.74, 6) is 0.0883. The highest BCUT2D eigenvalue weighted by molar-refractivity contribution is 14.1. The van der Waals surface area contributed by atoms with Crippen molar-refractivity contribution in [3.05, 3.63) is 32.5 Å². The molecule has 2 aromatic rings. The quantitative estimate of drug-likeness (QED) is 0.835. The van der Waals surface area contributed by atoms with Crippen LogP contribution in [0.15, 0.2) is 18.3 Å². The van der Waals surface area contributed by atoms with Crippen LogP contribution >= 0.6 is 34.2 Å². The lowest BCUT2D eigenvalue weighted by Crippen LogP contribution is -2.12. The summed E-state index contributed by atoms with van der Waals surface area (Å²) in [7, 11) is 1.57. The number of primary amides is 1. The minimum atomic E-state index is -0.595. The van der Waals surface area contributed by atoms with Gasteiger partial charge < -0.3 is 10.5 Å². The van der Waals surface area contributed by atoms with E-state index in [1.165, 1.54) is 6.20 Å². The molecule has 0 radical (unpaired) electrons. The molecule has 0 saturated heterocycles. The van der Waals surface area contributed by atoms with Crippen molar-refractivity contribution in [3.63, 3.8) is 0 Å². The highest BCUT2D eigenvalue weighted by Crippen LogP contribution is 2.31. The Balaban J connectivity index is 2.80. The molecule has 0 bridgehead atoms. The van der Waals surface area contributed by atoms with Gasteiger partial charge in [-0.25, -0.2) is 0 Å². The number of rotatable bonds is 2. The molecule has 2 rings (SSSR count). The topological polar surface area (TPSA) is 65.2 Å².